The van der Waals surface area contributed by atoms with Gasteiger partial charge in [-0.05, 0) is 98.1 Å². The quantitative estimate of drug-likeness (QED) is 0.205. The number of hydrogen-bond donors (Lipinski definition) is 0. The second-order valence-corrected chi connectivity index (χ2v) is 14.0. The summed E-state index contributed by atoms with van der Waals surface area (Å²) in [4.78, 5) is 26.4. The highest BCUT2D eigenvalue weighted by molar-refractivity contribution is 5.68. The largest absolute Gasteiger partial charge is 0.493 e. The van der Waals surface area contributed by atoms with Crippen LogP contribution in [0, 0.1) is 28.6 Å². The van der Waals surface area contributed by atoms with Crippen molar-refractivity contribution >= 4 is 18.0 Å². The summed E-state index contributed by atoms with van der Waals surface area (Å²) >= 11 is 0. The number of ether oxygens (including phenoxy) is 4. The van der Waals surface area contributed by atoms with Gasteiger partial charge in [-0.3, -0.25) is 9.59 Å². The summed E-state index contributed by atoms with van der Waals surface area (Å²) in [7, 11) is 1.68. The molecule has 0 spiro atoms. The zero-order valence-corrected chi connectivity index (χ0v) is 27.9. The van der Waals surface area contributed by atoms with Gasteiger partial charge in [0.15, 0.2) is 11.5 Å². The summed E-state index contributed by atoms with van der Waals surface area (Å²) in [6.45, 7) is 15.7. The molecule has 1 aromatic rings. The van der Waals surface area contributed by atoms with Gasteiger partial charge in [-0.25, -0.2) is 0 Å². The average Bonchev–Trinajstić information content (AvgIpc) is 3.26. The van der Waals surface area contributed by atoms with Gasteiger partial charge in [0.05, 0.1) is 7.11 Å². The Hall–Kier alpha value is -2.80. The van der Waals surface area contributed by atoms with Crippen molar-refractivity contribution in [3.05, 3.63) is 41.0 Å². The number of carbonyl (C=O) groups excluding carboxylic acids is 2. The number of benzene rings is 1. The van der Waals surface area contributed by atoms with Gasteiger partial charge in [0.25, 0.3) is 0 Å². The molecule has 7 atom stereocenters. The molecule has 5 rings (SSSR count). The van der Waals surface area contributed by atoms with Gasteiger partial charge in [0.1, 0.15) is 18.8 Å². The molecule has 3 saturated carbocycles. The lowest BCUT2D eigenvalue weighted by Gasteiger charge is -2.57. The van der Waals surface area contributed by atoms with E-state index in [0.717, 1.165) is 75.9 Å². The standard InChI is InChI=1S/C37H53NO6/c1-8-38(9-2)18-19-42-33-13-10-26(21-34(33)41-7)20-27-22-32-30-12-11-28-23-29(43-24(3)39)14-16-36(28,5)31(30)15-17-37(32,6)35(27)44-25(4)40/h10-11,13,20-21,29-32,35H,8-9,12,14-19,22-23H2,1-7H3/b27-20+/t29-,30+,31-,32-,35-,36-,37-/m0/s1. The van der Waals surface area contributed by atoms with Crippen LogP contribution in [0.4, 0.5) is 0 Å². The van der Waals surface area contributed by atoms with Gasteiger partial charge in [-0.2, -0.15) is 0 Å². The molecule has 0 bridgehead atoms. The predicted octanol–water partition coefficient (Wildman–Crippen LogP) is 7.24. The molecule has 0 amide bonds. The highest BCUT2D eigenvalue weighted by atomic mass is 16.5. The molecule has 0 unspecified atom stereocenters. The minimum atomic E-state index is -0.236. The number of fused-ring (bicyclic) bond motifs is 5. The molecule has 4 aliphatic rings. The van der Waals surface area contributed by atoms with E-state index in [1.807, 2.05) is 12.1 Å². The number of carbonyl (C=O) groups is 2. The van der Waals surface area contributed by atoms with Crippen molar-refractivity contribution in [3.63, 3.8) is 0 Å². The van der Waals surface area contributed by atoms with Crippen molar-refractivity contribution in [2.75, 3.05) is 33.4 Å². The Morgan fingerprint density at radius 2 is 1.73 bits per heavy atom. The maximum Gasteiger partial charge on any atom is 0.303 e. The smallest absolute Gasteiger partial charge is 0.303 e. The van der Waals surface area contributed by atoms with Crippen molar-refractivity contribution in [2.45, 2.75) is 98.7 Å². The topological polar surface area (TPSA) is 74.3 Å². The first-order valence-corrected chi connectivity index (χ1v) is 16.8. The third-order valence-electron chi connectivity index (χ3n) is 11.6. The first kappa shape index (κ1) is 32.6. The Morgan fingerprint density at radius 3 is 2.41 bits per heavy atom. The molecule has 0 N–H and O–H groups in total. The van der Waals surface area contributed by atoms with Crippen LogP contribution in [0.3, 0.4) is 0 Å². The summed E-state index contributed by atoms with van der Waals surface area (Å²) in [5.74, 6) is 2.61. The molecule has 0 heterocycles. The predicted molar refractivity (Wildman–Crippen MR) is 172 cm³/mol. The first-order chi connectivity index (χ1) is 21.0. The Bertz CT molecular complexity index is 1280. The van der Waals surface area contributed by atoms with Crippen LogP contribution in [0.5, 0.6) is 11.5 Å². The third-order valence-corrected chi connectivity index (χ3v) is 11.6. The van der Waals surface area contributed by atoms with Crippen molar-refractivity contribution in [1.82, 2.24) is 4.90 Å². The molecule has 7 heteroatoms. The van der Waals surface area contributed by atoms with Crippen LogP contribution in [-0.2, 0) is 19.1 Å². The van der Waals surface area contributed by atoms with Crippen molar-refractivity contribution in [2.24, 2.45) is 28.6 Å². The summed E-state index contributed by atoms with van der Waals surface area (Å²) in [5.41, 5.74) is 3.75. The molecule has 7 nitrogen and oxygen atoms in total. The van der Waals surface area contributed by atoms with E-state index < -0.39 is 0 Å². The number of rotatable bonds is 10. The number of nitrogens with zero attached hydrogens (tertiary/aromatic N) is 1. The van der Waals surface area contributed by atoms with E-state index in [2.05, 4.69) is 50.8 Å². The maximum absolute atomic E-state index is 12.4. The zero-order chi connectivity index (χ0) is 31.6. The monoisotopic (exact) mass is 607 g/mol. The van der Waals surface area contributed by atoms with E-state index in [-0.39, 0.29) is 35.0 Å². The number of esters is 2. The SMILES string of the molecule is CCN(CC)CCOc1ccc(/C=C2\C[C@H]3[C@@H]4CC=C5C[C@@H](OC(C)=O)CC[C@]5(C)[C@H]4CC[C@]3(C)[C@H]2OC(C)=O)cc1OC. The van der Waals surface area contributed by atoms with E-state index in [4.69, 9.17) is 18.9 Å². The van der Waals surface area contributed by atoms with E-state index in [1.54, 1.807) is 7.11 Å². The van der Waals surface area contributed by atoms with E-state index >= 15 is 0 Å². The number of likely N-dealkylation sites (N-methyl/N-ethyl adjacent to an activating group) is 1. The normalized spacial score (nSPS) is 33.6. The highest BCUT2D eigenvalue weighted by Gasteiger charge is 2.61. The molecule has 0 aromatic heterocycles. The number of methoxy groups -OCH3 is 1. The molecule has 0 aliphatic heterocycles. The molecule has 0 radical (unpaired) electrons. The maximum atomic E-state index is 12.4. The third kappa shape index (κ3) is 6.31. The Morgan fingerprint density at radius 1 is 0.977 bits per heavy atom. The van der Waals surface area contributed by atoms with Gasteiger partial charge in [-0.1, -0.05) is 51.5 Å². The second kappa shape index (κ2) is 13.3. The van der Waals surface area contributed by atoms with E-state index in [0.29, 0.717) is 30.1 Å². The van der Waals surface area contributed by atoms with Crippen LogP contribution in [0.25, 0.3) is 6.08 Å². The molecule has 1 aromatic carbocycles. The minimum Gasteiger partial charge on any atom is -0.493 e. The first-order valence-electron chi connectivity index (χ1n) is 16.8. The highest BCUT2D eigenvalue weighted by Crippen LogP contribution is 2.66. The molecule has 4 aliphatic carbocycles. The molecular weight excluding hydrogens is 554 g/mol. The van der Waals surface area contributed by atoms with Crippen LogP contribution in [-0.4, -0.2) is 62.4 Å². The lowest BCUT2D eigenvalue weighted by Crippen LogP contribution is -2.51. The molecule has 44 heavy (non-hydrogen) atoms. The lowest BCUT2D eigenvalue weighted by molar-refractivity contribution is -0.154. The van der Waals surface area contributed by atoms with Crippen LogP contribution >= 0.6 is 0 Å². The van der Waals surface area contributed by atoms with E-state index in [1.165, 1.54) is 25.0 Å². The summed E-state index contributed by atoms with van der Waals surface area (Å²) in [6.07, 6.45) is 11.4. The molecule has 242 valence electrons. The second-order valence-electron chi connectivity index (χ2n) is 14.0. The summed E-state index contributed by atoms with van der Waals surface area (Å²) in [6, 6.07) is 6.11. The van der Waals surface area contributed by atoms with Crippen LogP contribution in [0.15, 0.2) is 35.4 Å². The molecular formula is C37H53NO6. The van der Waals surface area contributed by atoms with Crippen LogP contribution < -0.4 is 9.47 Å². The number of hydrogen-bond acceptors (Lipinski definition) is 7. The van der Waals surface area contributed by atoms with Gasteiger partial charge in [0.2, 0.25) is 0 Å². The summed E-state index contributed by atoms with van der Waals surface area (Å²) < 4.78 is 23.7. The van der Waals surface area contributed by atoms with Gasteiger partial charge >= 0.3 is 11.9 Å². The zero-order valence-electron chi connectivity index (χ0n) is 27.9. The van der Waals surface area contributed by atoms with Crippen molar-refractivity contribution in [1.29, 1.82) is 0 Å². The lowest BCUT2D eigenvalue weighted by atomic mass is 9.48. The fraction of sp³-hybridized carbons (Fsp3) is 0.676. The number of allylic oxidation sites excluding steroid dienone is 1. The Labute approximate surface area is 264 Å². The van der Waals surface area contributed by atoms with Gasteiger partial charge in [0, 0.05) is 32.2 Å². The Balaban J connectivity index is 1.39. The molecule has 3 fully saturated rings. The fourth-order valence-electron chi connectivity index (χ4n) is 9.25. The van der Waals surface area contributed by atoms with Crippen molar-refractivity contribution in [3.8, 4) is 11.5 Å². The van der Waals surface area contributed by atoms with Gasteiger partial charge in [-0.15, -0.1) is 0 Å². The van der Waals surface area contributed by atoms with E-state index in [9.17, 15) is 9.59 Å². The molecule has 0 saturated heterocycles. The average molecular weight is 608 g/mol. The summed E-state index contributed by atoms with van der Waals surface area (Å²) in [5, 5.41) is 0. The van der Waals surface area contributed by atoms with Gasteiger partial charge < -0.3 is 23.8 Å². The van der Waals surface area contributed by atoms with Crippen LogP contribution in [0.1, 0.15) is 92.1 Å². The minimum absolute atomic E-state index is 0.00255. The fourth-order valence-corrected chi connectivity index (χ4v) is 9.25. The van der Waals surface area contributed by atoms with Crippen LogP contribution in [0.2, 0.25) is 0 Å². The Kier molecular flexibility index (Phi) is 9.84. The van der Waals surface area contributed by atoms with Crippen molar-refractivity contribution < 1.29 is 28.5 Å².